The van der Waals surface area contributed by atoms with Crippen molar-refractivity contribution < 1.29 is 19.5 Å². The Morgan fingerprint density at radius 3 is 2.07 bits per heavy atom. The van der Waals surface area contributed by atoms with Crippen LogP contribution in [0.5, 0.6) is 0 Å². The summed E-state index contributed by atoms with van der Waals surface area (Å²) in [7, 11) is 0. The van der Waals surface area contributed by atoms with Crippen molar-refractivity contribution >= 4 is 39.5 Å². The van der Waals surface area contributed by atoms with Gasteiger partial charge in [0.25, 0.3) is 5.78 Å². The number of nitrogens with zero attached hydrogens (tertiary/aromatic N) is 1. The number of aliphatic carboxylic acids is 1. The Bertz CT molecular complexity index is 1090. The van der Waals surface area contributed by atoms with Crippen LogP contribution in [0, 0.1) is 5.92 Å². The van der Waals surface area contributed by atoms with Gasteiger partial charge in [0.05, 0.1) is 0 Å². The zero-order valence-corrected chi connectivity index (χ0v) is 14.8. The number of carbonyl (C=O) groups excluding carboxylic acids is 2. The second kappa shape index (κ2) is 6.54. The summed E-state index contributed by atoms with van der Waals surface area (Å²) in [5, 5.41) is 10.3. The highest BCUT2D eigenvalue weighted by molar-refractivity contribution is 6.43. The van der Waals surface area contributed by atoms with E-state index in [4.69, 9.17) is 5.73 Å². The zero-order valence-electron chi connectivity index (χ0n) is 14.8. The molecule has 1 aliphatic carbocycles. The van der Waals surface area contributed by atoms with E-state index in [1.807, 2.05) is 12.1 Å². The first kappa shape index (κ1) is 17.3. The summed E-state index contributed by atoms with van der Waals surface area (Å²) in [6.07, 6.45) is 4.70. The average molecular weight is 364 g/mol. The van der Waals surface area contributed by atoms with Crippen LogP contribution in [0.15, 0.2) is 36.4 Å². The highest BCUT2D eigenvalue weighted by Crippen LogP contribution is 2.36. The number of amides is 1. The van der Waals surface area contributed by atoms with E-state index < -0.39 is 17.7 Å². The molecule has 1 heterocycles. The van der Waals surface area contributed by atoms with E-state index >= 15 is 0 Å². The van der Waals surface area contributed by atoms with Crippen LogP contribution in [0.25, 0.3) is 21.8 Å². The molecule has 138 valence electrons. The highest BCUT2D eigenvalue weighted by atomic mass is 16.4. The van der Waals surface area contributed by atoms with Crippen LogP contribution in [0.2, 0.25) is 0 Å². The summed E-state index contributed by atoms with van der Waals surface area (Å²) in [4.78, 5) is 35.7. The van der Waals surface area contributed by atoms with Gasteiger partial charge in [-0.05, 0) is 43.0 Å². The lowest BCUT2D eigenvalue weighted by atomic mass is 9.99. The molecule has 1 aromatic heterocycles. The lowest BCUT2D eigenvalue weighted by Gasteiger charge is -2.13. The van der Waals surface area contributed by atoms with Crippen molar-refractivity contribution in [2.45, 2.75) is 32.2 Å². The number of aromatic nitrogens is 1. The number of rotatable bonds is 5. The summed E-state index contributed by atoms with van der Waals surface area (Å²) >= 11 is 0. The van der Waals surface area contributed by atoms with Crippen molar-refractivity contribution in [3.63, 3.8) is 0 Å². The van der Waals surface area contributed by atoms with E-state index in [1.54, 1.807) is 18.2 Å². The summed E-state index contributed by atoms with van der Waals surface area (Å²) < 4.78 is 2.10. The van der Waals surface area contributed by atoms with Crippen LogP contribution in [0.3, 0.4) is 0 Å². The van der Waals surface area contributed by atoms with Gasteiger partial charge >= 0.3 is 5.97 Å². The predicted octanol–water partition coefficient (Wildman–Crippen LogP) is 3.35. The molecule has 3 aromatic rings. The number of carboxylic acids is 1. The lowest BCUT2D eigenvalue weighted by molar-refractivity contribution is -0.131. The molecule has 1 saturated carbocycles. The second-order valence-electron chi connectivity index (χ2n) is 7.16. The first-order chi connectivity index (χ1) is 13.0. The molecule has 1 amide bonds. The minimum Gasteiger partial charge on any atom is -0.475 e. The molecule has 0 saturated heterocycles. The van der Waals surface area contributed by atoms with Crippen molar-refractivity contribution in [2.24, 2.45) is 11.7 Å². The van der Waals surface area contributed by atoms with Gasteiger partial charge in [0.1, 0.15) is 0 Å². The third-order valence-corrected chi connectivity index (χ3v) is 5.54. The molecule has 0 aliphatic heterocycles. The standard InChI is InChI=1S/C21H20N2O4/c22-20(25)14-8-4-10-16-18(14)17-13(19(24)21(26)27)7-3-9-15(17)23(16)11-12-5-1-2-6-12/h3-4,7-10,12H,1-2,5-6,11H2,(H2,22,25)(H,26,27). The molecule has 0 bridgehead atoms. The van der Waals surface area contributed by atoms with E-state index in [9.17, 15) is 19.5 Å². The monoisotopic (exact) mass is 364 g/mol. The number of benzene rings is 2. The molecule has 27 heavy (non-hydrogen) atoms. The minimum absolute atomic E-state index is 0.0869. The van der Waals surface area contributed by atoms with E-state index in [-0.39, 0.29) is 5.56 Å². The maximum absolute atomic E-state index is 12.3. The van der Waals surface area contributed by atoms with Crippen LogP contribution in [-0.4, -0.2) is 27.3 Å². The average Bonchev–Trinajstić information content (AvgIpc) is 3.28. The zero-order chi connectivity index (χ0) is 19.1. The number of Topliss-reactive ketones (excluding diaryl/α,β-unsaturated/α-hetero) is 1. The first-order valence-electron chi connectivity index (χ1n) is 9.10. The van der Waals surface area contributed by atoms with Gasteiger partial charge in [-0.15, -0.1) is 0 Å². The number of hydrogen-bond acceptors (Lipinski definition) is 3. The molecule has 0 spiro atoms. The number of carboxylic acid groups (broad SMARTS) is 1. The SMILES string of the molecule is NC(=O)c1cccc2c1c1c(C(=O)C(=O)O)cccc1n2CC1CCCC1. The fourth-order valence-electron chi connectivity index (χ4n) is 4.34. The molecular weight excluding hydrogens is 344 g/mol. The Morgan fingerprint density at radius 1 is 0.963 bits per heavy atom. The number of primary amides is 1. The topological polar surface area (TPSA) is 102 Å². The fraction of sp³-hybridized carbons (Fsp3) is 0.286. The predicted molar refractivity (Wildman–Crippen MR) is 102 cm³/mol. The van der Waals surface area contributed by atoms with Crippen LogP contribution in [0.1, 0.15) is 46.4 Å². The Kier molecular flexibility index (Phi) is 4.18. The molecule has 3 N–H and O–H groups in total. The summed E-state index contributed by atoms with van der Waals surface area (Å²) in [6.45, 7) is 0.771. The summed E-state index contributed by atoms with van der Waals surface area (Å²) in [6, 6.07) is 10.3. The van der Waals surface area contributed by atoms with Crippen molar-refractivity contribution in [1.82, 2.24) is 4.57 Å². The number of nitrogens with two attached hydrogens (primary N) is 1. The van der Waals surface area contributed by atoms with E-state index in [1.165, 1.54) is 18.9 Å². The third kappa shape index (κ3) is 2.77. The third-order valence-electron chi connectivity index (χ3n) is 5.54. The number of fused-ring (bicyclic) bond motifs is 3. The molecule has 0 atom stereocenters. The number of hydrogen-bond donors (Lipinski definition) is 2. The Morgan fingerprint density at radius 2 is 1.52 bits per heavy atom. The Labute approximate surface area is 155 Å². The molecule has 4 rings (SSSR count). The fourth-order valence-corrected chi connectivity index (χ4v) is 4.34. The van der Waals surface area contributed by atoms with Crippen LogP contribution < -0.4 is 5.73 Å². The van der Waals surface area contributed by atoms with Gasteiger partial charge in [0, 0.05) is 39.5 Å². The minimum atomic E-state index is -1.52. The van der Waals surface area contributed by atoms with Gasteiger partial charge in [-0.25, -0.2) is 4.79 Å². The van der Waals surface area contributed by atoms with E-state index in [2.05, 4.69) is 4.57 Å². The van der Waals surface area contributed by atoms with E-state index in [0.717, 1.165) is 30.4 Å². The molecular formula is C21H20N2O4. The second-order valence-corrected chi connectivity index (χ2v) is 7.16. The lowest BCUT2D eigenvalue weighted by Crippen LogP contribution is -2.14. The maximum Gasteiger partial charge on any atom is 0.377 e. The van der Waals surface area contributed by atoms with Gasteiger partial charge in [-0.1, -0.05) is 25.0 Å². The Hall–Kier alpha value is -3.15. The van der Waals surface area contributed by atoms with Gasteiger partial charge in [0.15, 0.2) is 0 Å². The molecule has 0 unspecified atom stereocenters. The number of ketones is 1. The van der Waals surface area contributed by atoms with Gasteiger partial charge in [-0.2, -0.15) is 0 Å². The van der Waals surface area contributed by atoms with Crippen molar-refractivity contribution in [2.75, 3.05) is 0 Å². The summed E-state index contributed by atoms with van der Waals surface area (Å²) in [5.74, 6) is -2.58. The molecule has 0 radical (unpaired) electrons. The largest absolute Gasteiger partial charge is 0.475 e. The normalized spacial score (nSPS) is 14.8. The Balaban J connectivity index is 2.09. The van der Waals surface area contributed by atoms with Crippen LogP contribution >= 0.6 is 0 Å². The van der Waals surface area contributed by atoms with Crippen molar-refractivity contribution in [1.29, 1.82) is 0 Å². The molecule has 6 nitrogen and oxygen atoms in total. The molecule has 1 aliphatic rings. The van der Waals surface area contributed by atoms with Crippen molar-refractivity contribution in [3.8, 4) is 0 Å². The first-order valence-corrected chi connectivity index (χ1v) is 9.10. The summed E-state index contributed by atoms with van der Waals surface area (Å²) in [5.41, 5.74) is 7.53. The van der Waals surface area contributed by atoms with Crippen LogP contribution in [-0.2, 0) is 11.3 Å². The van der Waals surface area contributed by atoms with Crippen molar-refractivity contribution in [3.05, 3.63) is 47.5 Å². The quantitative estimate of drug-likeness (QED) is 0.535. The smallest absolute Gasteiger partial charge is 0.377 e. The van der Waals surface area contributed by atoms with Gasteiger partial charge in [0.2, 0.25) is 5.91 Å². The molecule has 2 aromatic carbocycles. The molecule has 1 fully saturated rings. The van der Waals surface area contributed by atoms with Gasteiger partial charge in [-0.3, -0.25) is 9.59 Å². The highest BCUT2D eigenvalue weighted by Gasteiger charge is 2.25. The van der Waals surface area contributed by atoms with E-state index in [0.29, 0.717) is 22.3 Å². The number of carbonyl (C=O) groups is 3. The maximum atomic E-state index is 12.3. The van der Waals surface area contributed by atoms with Gasteiger partial charge < -0.3 is 15.4 Å². The molecule has 6 heteroatoms. The van der Waals surface area contributed by atoms with Crippen LogP contribution in [0.4, 0.5) is 0 Å².